The molecule has 1 heterocycles. The summed E-state index contributed by atoms with van der Waals surface area (Å²) < 4.78 is 19.0. The third-order valence-corrected chi connectivity index (χ3v) is 3.99. The Balaban J connectivity index is 2.21. The number of halogens is 2. The fourth-order valence-electron chi connectivity index (χ4n) is 2.41. The summed E-state index contributed by atoms with van der Waals surface area (Å²) in [5.41, 5.74) is 2.35. The molecule has 2 atom stereocenters. The van der Waals surface area contributed by atoms with Crippen LogP contribution in [-0.4, -0.2) is 13.2 Å². The molecule has 94 valence electrons. The van der Waals surface area contributed by atoms with Gasteiger partial charge in [-0.3, -0.25) is 0 Å². The van der Waals surface area contributed by atoms with E-state index in [9.17, 15) is 4.39 Å². The lowest BCUT2D eigenvalue weighted by atomic mass is 9.92. The van der Waals surface area contributed by atoms with Gasteiger partial charge in [0.15, 0.2) is 0 Å². The van der Waals surface area contributed by atoms with Crippen LogP contribution in [-0.2, 0) is 4.74 Å². The SMILES string of the molecule is Cc1cc(C(Cl)C2CCCOC2)cc(C)c1F. The van der Waals surface area contributed by atoms with Crippen LogP contribution >= 0.6 is 11.6 Å². The monoisotopic (exact) mass is 256 g/mol. The molecule has 17 heavy (non-hydrogen) atoms. The van der Waals surface area contributed by atoms with Crippen LogP contribution in [0.25, 0.3) is 0 Å². The Bertz CT molecular complexity index is 376. The second kappa shape index (κ2) is 5.36. The van der Waals surface area contributed by atoms with Crippen molar-refractivity contribution in [2.75, 3.05) is 13.2 Å². The van der Waals surface area contributed by atoms with E-state index < -0.39 is 0 Å². The van der Waals surface area contributed by atoms with Gasteiger partial charge in [0.05, 0.1) is 12.0 Å². The number of hydrogen-bond acceptors (Lipinski definition) is 1. The summed E-state index contributed by atoms with van der Waals surface area (Å²) >= 11 is 6.48. The van der Waals surface area contributed by atoms with Crippen molar-refractivity contribution in [2.24, 2.45) is 5.92 Å². The minimum absolute atomic E-state index is 0.0756. The van der Waals surface area contributed by atoms with Gasteiger partial charge in [0.2, 0.25) is 0 Å². The minimum Gasteiger partial charge on any atom is -0.381 e. The van der Waals surface area contributed by atoms with Crippen molar-refractivity contribution in [3.63, 3.8) is 0 Å². The third kappa shape index (κ3) is 2.80. The van der Waals surface area contributed by atoms with Crippen molar-refractivity contribution >= 4 is 11.6 Å². The van der Waals surface area contributed by atoms with E-state index in [4.69, 9.17) is 16.3 Å². The zero-order valence-corrected chi connectivity index (χ0v) is 11.1. The van der Waals surface area contributed by atoms with E-state index in [0.29, 0.717) is 23.7 Å². The van der Waals surface area contributed by atoms with Gasteiger partial charge in [0, 0.05) is 12.5 Å². The highest BCUT2D eigenvalue weighted by Crippen LogP contribution is 2.35. The number of benzene rings is 1. The average Bonchev–Trinajstić information content (AvgIpc) is 2.35. The normalized spacial score (nSPS) is 22.5. The van der Waals surface area contributed by atoms with Crippen LogP contribution in [0.4, 0.5) is 4.39 Å². The Labute approximate surface area is 107 Å². The Kier molecular flexibility index (Phi) is 4.05. The van der Waals surface area contributed by atoms with Gasteiger partial charge >= 0.3 is 0 Å². The van der Waals surface area contributed by atoms with Crippen LogP contribution in [0.1, 0.15) is 34.9 Å². The van der Waals surface area contributed by atoms with Crippen LogP contribution in [0, 0.1) is 25.6 Å². The lowest BCUT2D eigenvalue weighted by molar-refractivity contribution is 0.0531. The van der Waals surface area contributed by atoms with Gasteiger partial charge in [-0.05, 0) is 43.4 Å². The van der Waals surface area contributed by atoms with Gasteiger partial charge in [-0.2, -0.15) is 0 Å². The summed E-state index contributed by atoms with van der Waals surface area (Å²) in [5.74, 6) is 0.215. The summed E-state index contributed by atoms with van der Waals surface area (Å²) in [7, 11) is 0. The fourth-order valence-corrected chi connectivity index (χ4v) is 2.73. The summed E-state index contributed by atoms with van der Waals surface area (Å²) in [5, 5.41) is -0.0756. The first-order valence-corrected chi connectivity index (χ1v) is 6.51. The van der Waals surface area contributed by atoms with Gasteiger partial charge in [-0.1, -0.05) is 12.1 Å². The topological polar surface area (TPSA) is 9.23 Å². The Morgan fingerprint density at radius 3 is 2.53 bits per heavy atom. The van der Waals surface area contributed by atoms with Crippen LogP contribution in [0.2, 0.25) is 0 Å². The first-order chi connectivity index (χ1) is 8.09. The van der Waals surface area contributed by atoms with E-state index in [1.54, 1.807) is 13.8 Å². The van der Waals surface area contributed by atoms with E-state index in [1.807, 2.05) is 12.1 Å². The molecule has 1 nitrogen and oxygen atoms in total. The maximum Gasteiger partial charge on any atom is 0.129 e. The predicted octanol–water partition coefficient (Wildman–Crippen LogP) is 4.15. The highest BCUT2D eigenvalue weighted by molar-refractivity contribution is 6.21. The number of alkyl halides is 1. The largest absolute Gasteiger partial charge is 0.381 e. The molecule has 1 aromatic rings. The molecule has 1 saturated heterocycles. The summed E-state index contributed by atoms with van der Waals surface area (Å²) in [6.45, 7) is 5.12. The van der Waals surface area contributed by atoms with Crippen LogP contribution in [0.3, 0.4) is 0 Å². The molecule has 1 aromatic carbocycles. The Morgan fingerprint density at radius 2 is 2.00 bits per heavy atom. The molecular formula is C14H18ClFO. The third-order valence-electron chi connectivity index (χ3n) is 3.39. The molecule has 0 radical (unpaired) electrons. The second-order valence-electron chi connectivity index (χ2n) is 4.85. The maximum absolute atomic E-state index is 13.5. The van der Waals surface area contributed by atoms with E-state index in [-0.39, 0.29) is 11.2 Å². The molecule has 0 aromatic heterocycles. The molecule has 1 aliphatic rings. The number of rotatable bonds is 2. The highest BCUT2D eigenvalue weighted by atomic mass is 35.5. The van der Waals surface area contributed by atoms with Crippen LogP contribution < -0.4 is 0 Å². The standard InChI is InChI=1S/C14H18ClFO/c1-9-6-12(7-10(2)14(9)16)13(15)11-4-3-5-17-8-11/h6-7,11,13H,3-5,8H2,1-2H3. The molecule has 0 amide bonds. The van der Waals surface area contributed by atoms with Crippen molar-refractivity contribution in [3.05, 3.63) is 34.6 Å². The molecule has 0 saturated carbocycles. The van der Waals surface area contributed by atoms with Crippen LogP contribution in [0.15, 0.2) is 12.1 Å². The lowest BCUT2D eigenvalue weighted by Gasteiger charge is -2.27. The van der Waals surface area contributed by atoms with Crippen molar-refractivity contribution in [1.29, 1.82) is 0 Å². The Hall–Kier alpha value is -0.600. The summed E-state index contributed by atoms with van der Waals surface area (Å²) in [6.07, 6.45) is 2.15. The Morgan fingerprint density at radius 1 is 1.35 bits per heavy atom. The van der Waals surface area contributed by atoms with Crippen LogP contribution in [0.5, 0.6) is 0 Å². The van der Waals surface area contributed by atoms with Crippen molar-refractivity contribution in [2.45, 2.75) is 32.1 Å². The molecule has 0 N–H and O–H groups in total. The molecule has 2 unspecified atom stereocenters. The first-order valence-electron chi connectivity index (χ1n) is 6.08. The van der Waals surface area contributed by atoms with Gasteiger partial charge in [-0.15, -0.1) is 11.6 Å². The molecular weight excluding hydrogens is 239 g/mol. The quantitative estimate of drug-likeness (QED) is 0.723. The zero-order chi connectivity index (χ0) is 12.4. The number of aryl methyl sites for hydroxylation is 2. The molecule has 1 fully saturated rings. The van der Waals surface area contributed by atoms with Crippen molar-refractivity contribution in [3.8, 4) is 0 Å². The zero-order valence-electron chi connectivity index (χ0n) is 10.3. The summed E-state index contributed by atoms with van der Waals surface area (Å²) in [6, 6.07) is 3.71. The second-order valence-corrected chi connectivity index (χ2v) is 5.32. The van der Waals surface area contributed by atoms with Gasteiger partial charge in [-0.25, -0.2) is 4.39 Å². The van der Waals surface area contributed by atoms with Gasteiger partial charge in [0.25, 0.3) is 0 Å². The molecule has 1 aliphatic heterocycles. The number of hydrogen-bond donors (Lipinski definition) is 0. The molecule has 2 rings (SSSR count). The average molecular weight is 257 g/mol. The molecule has 3 heteroatoms. The molecule has 0 bridgehead atoms. The van der Waals surface area contributed by atoms with E-state index in [1.165, 1.54) is 0 Å². The van der Waals surface area contributed by atoms with Crippen molar-refractivity contribution in [1.82, 2.24) is 0 Å². The van der Waals surface area contributed by atoms with Crippen molar-refractivity contribution < 1.29 is 9.13 Å². The van der Waals surface area contributed by atoms with E-state index >= 15 is 0 Å². The molecule has 0 spiro atoms. The van der Waals surface area contributed by atoms with E-state index in [0.717, 1.165) is 25.0 Å². The van der Waals surface area contributed by atoms with Gasteiger partial charge in [0.1, 0.15) is 5.82 Å². The maximum atomic E-state index is 13.5. The highest BCUT2D eigenvalue weighted by Gasteiger charge is 2.24. The predicted molar refractivity (Wildman–Crippen MR) is 68.0 cm³/mol. The molecule has 0 aliphatic carbocycles. The number of ether oxygens (including phenoxy) is 1. The van der Waals surface area contributed by atoms with Gasteiger partial charge < -0.3 is 4.74 Å². The smallest absolute Gasteiger partial charge is 0.129 e. The van der Waals surface area contributed by atoms with E-state index in [2.05, 4.69) is 0 Å². The summed E-state index contributed by atoms with van der Waals surface area (Å²) in [4.78, 5) is 0. The lowest BCUT2D eigenvalue weighted by Crippen LogP contribution is -2.21. The first kappa shape index (κ1) is 12.8. The fraction of sp³-hybridized carbons (Fsp3) is 0.571. The minimum atomic E-state index is -0.127.